The molecule has 5 heteroatoms. The van der Waals surface area contributed by atoms with Crippen molar-refractivity contribution in [3.8, 4) is 5.75 Å². The molecule has 0 radical (unpaired) electrons. The lowest BCUT2D eigenvalue weighted by Crippen LogP contribution is -1.97. The Labute approximate surface area is 96.4 Å². The predicted octanol–water partition coefficient (Wildman–Crippen LogP) is 2.01. The Kier molecular flexibility index (Phi) is 3.14. The van der Waals surface area contributed by atoms with E-state index in [-0.39, 0.29) is 16.6 Å². The van der Waals surface area contributed by atoms with Crippen molar-refractivity contribution in [2.24, 2.45) is 9.36 Å². The molecule has 1 aliphatic rings. The van der Waals surface area contributed by atoms with Gasteiger partial charge in [0.25, 0.3) is 5.91 Å². The van der Waals surface area contributed by atoms with Crippen LogP contribution in [0.2, 0.25) is 0 Å². The molecule has 84 valence electrons. The van der Waals surface area contributed by atoms with E-state index in [1.807, 2.05) is 25.1 Å². The summed E-state index contributed by atoms with van der Waals surface area (Å²) in [5.74, 6) is 1.14. The molecular weight excluding hydrogens is 224 g/mol. The Balaban J connectivity index is 2.29. The van der Waals surface area contributed by atoms with Gasteiger partial charge in [0, 0.05) is 0 Å². The van der Waals surface area contributed by atoms with Crippen LogP contribution in [-0.4, -0.2) is 24.3 Å². The average Bonchev–Trinajstić information content (AvgIpc) is 2.67. The van der Waals surface area contributed by atoms with Crippen LogP contribution in [-0.2, 0) is 15.5 Å². The van der Waals surface area contributed by atoms with Crippen molar-refractivity contribution < 1.29 is 9.53 Å². The van der Waals surface area contributed by atoms with Crippen LogP contribution in [0.25, 0.3) is 0 Å². The van der Waals surface area contributed by atoms with Crippen molar-refractivity contribution >= 4 is 27.8 Å². The Morgan fingerprint density at radius 1 is 1.50 bits per heavy atom. The van der Waals surface area contributed by atoms with Gasteiger partial charge < -0.3 is 4.74 Å². The highest BCUT2D eigenvalue weighted by atomic mass is 32.2. The number of hydrogen-bond donors (Lipinski definition) is 0. The Hall–Kier alpha value is -1.49. The van der Waals surface area contributed by atoms with Crippen LogP contribution >= 0.6 is 0 Å². The maximum Gasteiger partial charge on any atom is 0.257 e. The third-order valence-corrected chi connectivity index (χ3v) is 3.53. The lowest BCUT2D eigenvalue weighted by atomic mass is 10.2. The van der Waals surface area contributed by atoms with E-state index < -0.39 is 0 Å². The van der Waals surface area contributed by atoms with Gasteiger partial charge in [0.15, 0.2) is 0 Å². The average molecular weight is 236 g/mol. The Morgan fingerprint density at radius 2 is 2.31 bits per heavy atom. The van der Waals surface area contributed by atoms with Crippen molar-refractivity contribution in [1.82, 2.24) is 0 Å². The first-order chi connectivity index (χ1) is 7.69. The molecule has 0 saturated heterocycles. The molecule has 1 atom stereocenters. The molecule has 1 amide bonds. The molecule has 0 fully saturated rings. The number of aliphatic imine (C=N–C) groups is 1. The number of amides is 1. The van der Waals surface area contributed by atoms with E-state index in [2.05, 4.69) is 9.36 Å². The number of nitrogens with zero attached hydrogens (tertiary/aromatic N) is 2. The third kappa shape index (κ3) is 2.36. The number of aryl methyl sites for hydroxylation is 1. The number of methoxy groups -OCH3 is 1. The summed E-state index contributed by atoms with van der Waals surface area (Å²) < 4.78 is 9.60. The molecule has 1 aromatic rings. The monoisotopic (exact) mass is 236 g/mol. The van der Waals surface area contributed by atoms with Crippen LogP contribution in [0.5, 0.6) is 5.75 Å². The van der Waals surface area contributed by atoms with Crippen molar-refractivity contribution in [3.05, 3.63) is 23.8 Å². The van der Waals surface area contributed by atoms with E-state index in [9.17, 15) is 4.79 Å². The molecule has 4 nitrogen and oxygen atoms in total. The van der Waals surface area contributed by atoms with Gasteiger partial charge >= 0.3 is 0 Å². The minimum Gasteiger partial charge on any atom is -0.497 e. The van der Waals surface area contributed by atoms with Crippen LogP contribution in [0.1, 0.15) is 5.56 Å². The molecule has 0 spiro atoms. The molecule has 1 aliphatic heterocycles. The van der Waals surface area contributed by atoms with E-state index in [1.54, 1.807) is 12.7 Å². The SMILES string of the molecule is COc1ccc(N=S2C=NC(=O)C2)c(C)c1. The number of hydrogen-bond acceptors (Lipinski definition) is 3. The van der Waals surface area contributed by atoms with Crippen LogP contribution < -0.4 is 4.74 Å². The van der Waals surface area contributed by atoms with E-state index >= 15 is 0 Å². The van der Waals surface area contributed by atoms with Crippen molar-refractivity contribution in [2.45, 2.75) is 6.92 Å². The smallest absolute Gasteiger partial charge is 0.257 e. The summed E-state index contributed by atoms with van der Waals surface area (Å²) in [6.45, 7) is 1.97. The highest BCUT2D eigenvalue weighted by Crippen LogP contribution is 2.24. The molecule has 0 aliphatic carbocycles. The zero-order valence-electron chi connectivity index (χ0n) is 9.14. The minimum absolute atomic E-state index is 0.0850. The van der Waals surface area contributed by atoms with Gasteiger partial charge in [0.05, 0.1) is 24.1 Å². The minimum atomic E-state index is -0.384. The van der Waals surface area contributed by atoms with Crippen LogP contribution in [0.15, 0.2) is 27.6 Å². The van der Waals surface area contributed by atoms with Gasteiger partial charge in [-0.1, -0.05) is 0 Å². The summed E-state index contributed by atoms with van der Waals surface area (Å²) in [6, 6.07) is 5.69. The lowest BCUT2D eigenvalue weighted by Gasteiger charge is -2.04. The normalized spacial score (nSPS) is 19.4. The molecule has 2 rings (SSSR count). The second-order valence-corrected chi connectivity index (χ2v) is 4.90. The van der Waals surface area contributed by atoms with Gasteiger partial charge in [0.2, 0.25) is 0 Å². The lowest BCUT2D eigenvalue weighted by molar-refractivity contribution is -0.115. The summed E-state index contributed by atoms with van der Waals surface area (Å²) in [6.07, 6.45) is 0. The fraction of sp³-hybridized carbons (Fsp3) is 0.273. The maximum atomic E-state index is 11.0. The van der Waals surface area contributed by atoms with Crippen molar-refractivity contribution in [2.75, 3.05) is 12.9 Å². The predicted molar refractivity (Wildman–Crippen MR) is 65.6 cm³/mol. The number of ether oxygens (including phenoxy) is 1. The number of benzene rings is 1. The van der Waals surface area contributed by atoms with E-state index in [1.165, 1.54) is 0 Å². The second kappa shape index (κ2) is 4.57. The zero-order valence-corrected chi connectivity index (χ0v) is 9.95. The fourth-order valence-electron chi connectivity index (χ4n) is 1.36. The van der Waals surface area contributed by atoms with Gasteiger partial charge in [-0.2, -0.15) is 0 Å². The third-order valence-electron chi connectivity index (χ3n) is 2.21. The molecule has 0 aromatic heterocycles. The van der Waals surface area contributed by atoms with Gasteiger partial charge in [-0.05, 0) is 41.4 Å². The second-order valence-electron chi connectivity index (χ2n) is 3.42. The Bertz CT molecular complexity index is 495. The molecule has 0 saturated carbocycles. The highest BCUT2D eigenvalue weighted by molar-refractivity contribution is 8.01. The van der Waals surface area contributed by atoms with Gasteiger partial charge in [-0.15, -0.1) is 0 Å². The number of carbonyl (C=O) groups is 1. The molecule has 16 heavy (non-hydrogen) atoms. The molecule has 1 aromatic carbocycles. The largest absolute Gasteiger partial charge is 0.497 e. The standard InChI is InChI=1S/C11H12N2O2S/c1-8-5-9(15-2)3-4-10(8)13-16-6-11(14)12-7-16/h3-5,7H,6H2,1-2H3. The van der Waals surface area contributed by atoms with Crippen molar-refractivity contribution in [3.63, 3.8) is 0 Å². The topological polar surface area (TPSA) is 51.0 Å². The van der Waals surface area contributed by atoms with Crippen LogP contribution in [0.4, 0.5) is 5.69 Å². The van der Waals surface area contributed by atoms with Crippen molar-refractivity contribution in [1.29, 1.82) is 0 Å². The Morgan fingerprint density at radius 3 is 2.88 bits per heavy atom. The highest BCUT2D eigenvalue weighted by Gasteiger charge is 2.10. The number of rotatable bonds is 2. The fourth-order valence-corrected chi connectivity index (χ4v) is 2.57. The quantitative estimate of drug-likeness (QED) is 0.788. The summed E-state index contributed by atoms with van der Waals surface area (Å²) in [5, 5.41) is 0. The zero-order chi connectivity index (χ0) is 11.5. The van der Waals surface area contributed by atoms with E-state index in [0.717, 1.165) is 17.0 Å². The summed E-state index contributed by atoms with van der Waals surface area (Å²) >= 11 is 0. The van der Waals surface area contributed by atoms with Crippen LogP contribution in [0, 0.1) is 6.92 Å². The molecule has 0 bridgehead atoms. The molecular formula is C11H12N2O2S. The van der Waals surface area contributed by atoms with Gasteiger partial charge in [0.1, 0.15) is 5.75 Å². The first kappa shape index (κ1) is 11.0. The molecule has 1 heterocycles. The van der Waals surface area contributed by atoms with Crippen LogP contribution in [0.3, 0.4) is 0 Å². The van der Waals surface area contributed by atoms with Gasteiger partial charge in [-0.3, -0.25) is 4.79 Å². The summed E-state index contributed by atoms with van der Waals surface area (Å²) in [7, 11) is 1.25. The van der Waals surface area contributed by atoms with E-state index in [0.29, 0.717) is 5.75 Å². The first-order valence-corrected chi connectivity index (χ1v) is 6.23. The summed E-state index contributed by atoms with van der Waals surface area (Å²) in [4.78, 5) is 14.7. The summed E-state index contributed by atoms with van der Waals surface area (Å²) in [5.41, 5.74) is 3.57. The molecule has 0 N–H and O–H groups in total. The van der Waals surface area contributed by atoms with E-state index in [4.69, 9.17) is 4.74 Å². The van der Waals surface area contributed by atoms with Gasteiger partial charge in [-0.25, -0.2) is 9.36 Å². The molecule has 1 unspecified atom stereocenters. The first-order valence-electron chi connectivity index (χ1n) is 4.82. The maximum absolute atomic E-state index is 11.0. The number of carbonyl (C=O) groups excluding carboxylic acids is 1.